The van der Waals surface area contributed by atoms with Crippen LogP contribution >= 0.6 is 11.3 Å². The van der Waals surface area contributed by atoms with Gasteiger partial charge in [-0.2, -0.15) is 11.3 Å². The van der Waals surface area contributed by atoms with Gasteiger partial charge < -0.3 is 10.1 Å². The molecule has 0 unspecified atom stereocenters. The molecule has 1 aromatic heterocycles. The van der Waals surface area contributed by atoms with Gasteiger partial charge in [0.15, 0.2) is 12.4 Å². The van der Waals surface area contributed by atoms with Gasteiger partial charge in [0.25, 0.3) is 5.91 Å². The SMILES string of the molecule is O=C(COC(=O)Cc1ccsc1)Nc1ccccc1C(=O)c1ccccc1. The predicted octanol–water partition coefficient (Wildman–Crippen LogP) is 3.70. The lowest BCUT2D eigenvalue weighted by Gasteiger charge is -2.11. The number of hydrogen-bond acceptors (Lipinski definition) is 5. The van der Waals surface area contributed by atoms with E-state index in [4.69, 9.17) is 4.74 Å². The molecule has 3 rings (SSSR count). The lowest BCUT2D eigenvalue weighted by Crippen LogP contribution is -2.22. The first-order chi connectivity index (χ1) is 13.1. The van der Waals surface area contributed by atoms with Crippen LogP contribution in [-0.2, 0) is 20.7 Å². The summed E-state index contributed by atoms with van der Waals surface area (Å²) in [6, 6.07) is 17.4. The van der Waals surface area contributed by atoms with Crippen LogP contribution in [0.3, 0.4) is 0 Å². The maximum atomic E-state index is 12.7. The summed E-state index contributed by atoms with van der Waals surface area (Å²) in [6.45, 7) is -0.406. The summed E-state index contributed by atoms with van der Waals surface area (Å²) in [4.78, 5) is 36.6. The highest BCUT2D eigenvalue weighted by atomic mass is 32.1. The Hall–Kier alpha value is -3.25. The van der Waals surface area contributed by atoms with Crippen LogP contribution in [0.15, 0.2) is 71.4 Å². The molecule has 0 spiro atoms. The molecular formula is C21H17NO4S. The van der Waals surface area contributed by atoms with Gasteiger partial charge in [-0.05, 0) is 34.5 Å². The Morgan fingerprint density at radius 3 is 2.41 bits per heavy atom. The van der Waals surface area contributed by atoms with Crippen molar-refractivity contribution in [3.05, 3.63) is 88.1 Å². The fourth-order valence-corrected chi connectivity index (χ4v) is 3.15. The first kappa shape index (κ1) is 18.5. The highest BCUT2D eigenvalue weighted by molar-refractivity contribution is 7.08. The normalized spacial score (nSPS) is 10.2. The minimum Gasteiger partial charge on any atom is -0.455 e. The smallest absolute Gasteiger partial charge is 0.310 e. The van der Waals surface area contributed by atoms with Crippen LogP contribution in [0.5, 0.6) is 0 Å². The second kappa shape index (κ2) is 8.91. The zero-order valence-electron chi connectivity index (χ0n) is 14.4. The van der Waals surface area contributed by atoms with Crippen molar-refractivity contribution in [3.63, 3.8) is 0 Å². The zero-order valence-corrected chi connectivity index (χ0v) is 15.2. The van der Waals surface area contributed by atoms with E-state index < -0.39 is 18.5 Å². The Kier molecular flexibility index (Phi) is 6.12. The van der Waals surface area contributed by atoms with Gasteiger partial charge in [-0.3, -0.25) is 14.4 Å². The first-order valence-corrected chi connectivity index (χ1v) is 9.23. The molecule has 0 aliphatic heterocycles. The van der Waals surface area contributed by atoms with Crippen LogP contribution in [-0.4, -0.2) is 24.3 Å². The van der Waals surface area contributed by atoms with Gasteiger partial charge in [-0.15, -0.1) is 0 Å². The number of anilines is 1. The van der Waals surface area contributed by atoms with E-state index >= 15 is 0 Å². The number of amides is 1. The summed E-state index contributed by atoms with van der Waals surface area (Å²) in [5.41, 5.74) is 2.14. The average molecular weight is 379 g/mol. The van der Waals surface area contributed by atoms with Crippen molar-refractivity contribution in [2.75, 3.05) is 11.9 Å². The van der Waals surface area contributed by atoms with Gasteiger partial charge in [0.2, 0.25) is 0 Å². The van der Waals surface area contributed by atoms with Gasteiger partial charge in [-0.1, -0.05) is 42.5 Å². The van der Waals surface area contributed by atoms with E-state index in [1.807, 2.05) is 22.9 Å². The fourth-order valence-electron chi connectivity index (χ4n) is 2.48. The number of ether oxygens (including phenoxy) is 1. The third-order valence-electron chi connectivity index (χ3n) is 3.77. The quantitative estimate of drug-likeness (QED) is 0.502. The largest absolute Gasteiger partial charge is 0.455 e. The summed E-state index contributed by atoms with van der Waals surface area (Å²) in [6.07, 6.45) is 0.125. The number of benzene rings is 2. The molecule has 0 saturated carbocycles. The predicted molar refractivity (Wildman–Crippen MR) is 104 cm³/mol. The monoisotopic (exact) mass is 379 g/mol. The van der Waals surface area contributed by atoms with Crippen LogP contribution in [0.25, 0.3) is 0 Å². The minimum atomic E-state index is -0.498. The molecule has 2 aromatic carbocycles. The van der Waals surface area contributed by atoms with Crippen molar-refractivity contribution in [3.8, 4) is 0 Å². The number of rotatable bonds is 7. The molecule has 1 amide bonds. The van der Waals surface area contributed by atoms with Crippen LogP contribution in [0.4, 0.5) is 5.69 Å². The summed E-state index contributed by atoms with van der Waals surface area (Å²) >= 11 is 1.49. The molecule has 0 aliphatic carbocycles. The Morgan fingerprint density at radius 1 is 0.926 bits per heavy atom. The average Bonchev–Trinajstić information content (AvgIpc) is 3.20. The number of hydrogen-bond donors (Lipinski definition) is 1. The highest BCUT2D eigenvalue weighted by Gasteiger charge is 2.15. The van der Waals surface area contributed by atoms with E-state index in [1.165, 1.54) is 11.3 Å². The molecule has 3 aromatic rings. The number of nitrogens with one attached hydrogen (secondary N) is 1. The number of carbonyl (C=O) groups is 3. The summed E-state index contributed by atoms with van der Waals surface area (Å²) in [5.74, 6) is -1.17. The van der Waals surface area contributed by atoms with Gasteiger partial charge in [0, 0.05) is 11.1 Å². The maximum absolute atomic E-state index is 12.7. The van der Waals surface area contributed by atoms with Gasteiger partial charge >= 0.3 is 5.97 Å². The number of esters is 1. The lowest BCUT2D eigenvalue weighted by molar-refractivity contribution is -0.146. The van der Waals surface area contributed by atoms with E-state index in [-0.39, 0.29) is 12.2 Å². The summed E-state index contributed by atoms with van der Waals surface area (Å²) < 4.78 is 5.00. The van der Waals surface area contributed by atoms with Crippen LogP contribution in [0.1, 0.15) is 21.5 Å². The standard InChI is InChI=1S/C21H17NO4S/c23-19(13-26-20(24)12-15-10-11-27-14-15)22-18-9-5-4-8-17(18)21(25)16-6-2-1-3-7-16/h1-11,14H,12-13H2,(H,22,23). The molecule has 5 nitrogen and oxygen atoms in total. The van der Waals surface area contributed by atoms with Crippen molar-refractivity contribution < 1.29 is 19.1 Å². The molecule has 1 N–H and O–H groups in total. The summed E-state index contributed by atoms with van der Waals surface area (Å²) in [5, 5.41) is 6.37. The molecule has 0 fully saturated rings. The van der Waals surface area contributed by atoms with Crippen molar-refractivity contribution in [2.24, 2.45) is 0 Å². The minimum absolute atomic E-state index is 0.125. The molecule has 0 bridgehead atoms. The zero-order chi connectivity index (χ0) is 19.1. The highest BCUT2D eigenvalue weighted by Crippen LogP contribution is 2.19. The molecule has 1 heterocycles. The molecule has 6 heteroatoms. The third-order valence-corrected chi connectivity index (χ3v) is 4.51. The van der Waals surface area contributed by atoms with E-state index in [0.29, 0.717) is 16.8 Å². The van der Waals surface area contributed by atoms with Crippen molar-refractivity contribution in [2.45, 2.75) is 6.42 Å². The lowest BCUT2D eigenvalue weighted by atomic mass is 10.0. The second-order valence-electron chi connectivity index (χ2n) is 5.76. The number of ketones is 1. The molecule has 0 saturated heterocycles. The van der Waals surface area contributed by atoms with Gasteiger partial charge in [0.1, 0.15) is 0 Å². The van der Waals surface area contributed by atoms with Gasteiger partial charge in [0.05, 0.1) is 12.1 Å². The van der Waals surface area contributed by atoms with E-state index in [2.05, 4.69) is 5.32 Å². The van der Waals surface area contributed by atoms with Crippen LogP contribution < -0.4 is 5.32 Å². The topological polar surface area (TPSA) is 72.5 Å². The maximum Gasteiger partial charge on any atom is 0.310 e. The number of carbonyl (C=O) groups excluding carboxylic acids is 3. The van der Waals surface area contributed by atoms with Crippen LogP contribution in [0.2, 0.25) is 0 Å². The fraction of sp³-hybridized carbons (Fsp3) is 0.0952. The van der Waals surface area contributed by atoms with Crippen LogP contribution in [0, 0.1) is 0 Å². The molecule has 136 valence electrons. The molecular weight excluding hydrogens is 362 g/mol. The number of para-hydroxylation sites is 1. The number of thiophene rings is 1. The summed E-state index contributed by atoms with van der Waals surface area (Å²) in [7, 11) is 0. The Morgan fingerprint density at radius 2 is 1.67 bits per heavy atom. The van der Waals surface area contributed by atoms with Crippen molar-refractivity contribution >= 4 is 34.7 Å². The molecule has 0 aliphatic rings. The molecule has 0 atom stereocenters. The van der Waals surface area contributed by atoms with Crippen molar-refractivity contribution in [1.82, 2.24) is 0 Å². The van der Waals surface area contributed by atoms with E-state index in [1.54, 1.807) is 48.5 Å². The van der Waals surface area contributed by atoms with E-state index in [0.717, 1.165) is 5.56 Å². The second-order valence-corrected chi connectivity index (χ2v) is 6.54. The van der Waals surface area contributed by atoms with Crippen molar-refractivity contribution in [1.29, 1.82) is 0 Å². The molecule has 27 heavy (non-hydrogen) atoms. The Labute approximate surface area is 160 Å². The van der Waals surface area contributed by atoms with Gasteiger partial charge in [-0.25, -0.2) is 0 Å². The first-order valence-electron chi connectivity index (χ1n) is 8.29. The molecule has 0 radical (unpaired) electrons. The third kappa shape index (κ3) is 5.12. The Balaban J connectivity index is 1.61. The van der Waals surface area contributed by atoms with E-state index in [9.17, 15) is 14.4 Å². The Bertz CT molecular complexity index is 936.